The van der Waals surface area contributed by atoms with Gasteiger partial charge in [-0.05, 0) is 25.3 Å². The number of ether oxygens (including phenoxy) is 1. The minimum absolute atomic E-state index is 0.230. The molecule has 0 spiro atoms. The lowest BCUT2D eigenvalue weighted by Crippen LogP contribution is -2.13. The lowest BCUT2D eigenvalue weighted by molar-refractivity contribution is -0.486. The van der Waals surface area contributed by atoms with E-state index >= 15 is 0 Å². The molecule has 0 aromatic rings. The van der Waals surface area contributed by atoms with E-state index in [1.165, 1.54) is 0 Å². The Bertz CT molecular complexity index is 134. The van der Waals surface area contributed by atoms with Crippen LogP contribution in [0.15, 0.2) is 0 Å². The Kier molecular flexibility index (Phi) is 7.33. The van der Waals surface area contributed by atoms with E-state index in [2.05, 4.69) is 19.6 Å². The third-order valence-electron chi connectivity index (χ3n) is 1.06. The zero-order valence-electron chi connectivity index (χ0n) is 8.24. The second-order valence-corrected chi connectivity index (χ2v) is 2.74. The van der Waals surface area contributed by atoms with Crippen LogP contribution in [0.4, 0.5) is 4.79 Å². The van der Waals surface area contributed by atoms with Crippen LogP contribution in [0.1, 0.15) is 33.6 Å². The Balaban J connectivity index is 3.17. The van der Waals surface area contributed by atoms with E-state index in [-0.39, 0.29) is 6.10 Å². The normalized spacial score (nSPS) is 10.2. The molecule has 0 bridgehead atoms. The van der Waals surface area contributed by atoms with Gasteiger partial charge >= 0.3 is 6.16 Å². The minimum atomic E-state index is -0.897. The van der Waals surface area contributed by atoms with Gasteiger partial charge in [-0.3, -0.25) is 0 Å². The zero-order chi connectivity index (χ0) is 10.1. The van der Waals surface area contributed by atoms with Gasteiger partial charge in [0.2, 0.25) is 0 Å². The van der Waals surface area contributed by atoms with Crippen molar-refractivity contribution in [2.75, 3.05) is 6.61 Å². The van der Waals surface area contributed by atoms with Gasteiger partial charge in [0.05, 0.1) is 12.7 Å². The van der Waals surface area contributed by atoms with Crippen LogP contribution in [0, 0.1) is 0 Å². The summed E-state index contributed by atoms with van der Waals surface area (Å²) >= 11 is 0. The molecule has 0 aromatic carbocycles. The van der Waals surface area contributed by atoms with Crippen molar-refractivity contribution in [1.29, 1.82) is 0 Å². The molecule has 0 rings (SSSR count). The topological polar surface area (TPSA) is 54.0 Å². The summed E-state index contributed by atoms with van der Waals surface area (Å²) in [7, 11) is 0. The van der Waals surface area contributed by atoms with E-state index in [4.69, 9.17) is 0 Å². The van der Waals surface area contributed by atoms with Crippen molar-refractivity contribution in [1.82, 2.24) is 0 Å². The van der Waals surface area contributed by atoms with Crippen LogP contribution >= 0.6 is 0 Å². The van der Waals surface area contributed by atoms with E-state index in [1.807, 2.05) is 6.92 Å². The molecule has 0 atom stereocenters. The van der Waals surface area contributed by atoms with E-state index in [1.54, 1.807) is 13.8 Å². The maximum Gasteiger partial charge on any atom is 0.542 e. The summed E-state index contributed by atoms with van der Waals surface area (Å²) < 4.78 is 4.59. The highest BCUT2D eigenvalue weighted by atomic mass is 17.5. The molecular weight excluding hydrogens is 176 g/mol. The van der Waals surface area contributed by atoms with Crippen molar-refractivity contribution in [2.45, 2.75) is 39.7 Å². The highest BCUT2D eigenvalue weighted by Crippen LogP contribution is 1.95. The van der Waals surface area contributed by atoms with Gasteiger partial charge in [-0.25, -0.2) is 9.68 Å². The predicted molar refractivity (Wildman–Crippen MR) is 44.6 cm³/mol. The highest BCUT2D eigenvalue weighted by molar-refractivity contribution is 5.59. The Morgan fingerprint density at radius 1 is 1.38 bits per heavy atom. The van der Waals surface area contributed by atoms with Crippen LogP contribution in [0.2, 0.25) is 0 Å². The van der Waals surface area contributed by atoms with Gasteiger partial charge in [0.15, 0.2) is 0 Å². The van der Waals surface area contributed by atoms with Crippen LogP contribution in [-0.2, 0) is 19.6 Å². The summed E-state index contributed by atoms with van der Waals surface area (Å²) in [6.45, 7) is 5.82. The number of hydrogen-bond donors (Lipinski definition) is 0. The van der Waals surface area contributed by atoms with Gasteiger partial charge in [-0.1, -0.05) is 13.3 Å². The number of carbonyl (C=O) groups is 1. The van der Waals surface area contributed by atoms with E-state index in [0.29, 0.717) is 6.61 Å². The standard InChI is InChI=1S/C8H16O5/c1-4-5-6-10-13-12-8(9)11-7(2)3/h7H,4-6H2,1-3H3. The molecule has 78 valence electrons. The second-order valence-electron chi connectivity index (χ2n) is 2.74. The predicted octanol–water partition coefficient (Wildman–Crippen LogP) is 2.21. The fourth-order valence-electron chi connectivity index (χ4n) is 0.501. The lowest BCUT2D eigenvalue weighted by Gasteiger charge is -2.05. The molecule has 0 heterocycles. The first kappa shape index (κ1) is 12.2. The number of unbranched alkanes of at least 4 members (excludes halogenated alkanes) is 1. The molecule has 0 unspecified atom stereocenters. The minimum Gasteiger partial charge on any atom is -0.430 e. The monoisotopic (exact) mass is 192 g/mol. The van der Waals surface area contributed by atoms with Crippen LogP contribution in [0.5, 0.6) is 0 Å². The van der Waals surface area contributed by atoms with E-state index < -0.39 is 6.16 Å². The SMILES string of the molecule is CCCCOOOC(=O)OC(C)C. The van der Waals surface area contributed by atoms with Gasteiger partial charge in [0.1, 0.15) is 0 Å². The van der Waals surface area contributed by atoms with E-state index in [9.17, 15) is 4.79 Å². The third kappa shape index (κ3) is 9.10. The first-order valence-corrected chi connectivity index (χ1v) is 4.33. The van der Waals surface area contributed by atoms with Gasteiger partial charge in [-0.15, -0.1) is 0 Å². The summed E-state index contributed by atoms with van der Waals surface area (Å²) in [6.07, 6.45) is 0.709. The molecule has 0 N–H and O–H groups in total. The van der Waals surface area contributed by atoms with Crippen LogP contribution in [0.25, 0.3) is 0 Å². The first-order valence-electron chi connectivity index (χ1n) is 4.33. The van der Waals surface area contributed by atoms with Crippen LogP contribution < -0.4 is 0 Å². The highest BCUT2D eigenvalue weighted by Gasteiger charge is 2.07. The van der Waals surface area contributed by atoms with Crippen molar-refractivity contribution in [3.05, 3.63) is 0 Å². The zero-order valence-corrected chi connectivity index (χ0v) is 8.24. The molecule has 0 aromatic heterocycles. The largest absolute Gasteiger partial charge is 0.542 e. The third-order valence-corrected chi connectivity index (χ3v) is 1.06. The molecule has 5 heteroatoms. The summed E-state index contributed by atoms with van der Waals surface area (Å²) in [5.74, 6) is 0. The van der Waals surface area contributed by atoms with Gasteiger partial charge in [-0.2, -0.15) is 4.89 Å². The Morgan fingerprint density at radius 2 is 2.08 bits per heavy atom. The molecule has 0 aliphatic rings. The van der Waals surface area contributed by atoms with Crippen molar-refractivity contribution < 1.29 is 24.3 Å². The maximum atomic E-state index is 10.6. The van der Waals surface area contributed by atoms with Crippen LogP contribution in [-0.4, -0.2) is 18.9 Å². The fourth-order valence-corrected chi connectivity index (χ4v) is 0.501. The summed E-state index contributed by atoms with van der Waals surface area (Å²) in [6, 6.07) is 0. The van der Waals surface area contributed by atoms with Gasteiger partial charge in [0.25, 0.3) is 0 Å². The molecule has 13 heavy (non-hydrogen) atoms. The van der Waals surface area contributed by atoms with Gasteiger partial charge in [0, 0.05) is 0 Å². The summed E-state index contributed by atoms with van der Waals surface area (Å²) in [4.78, 5) is 19.3. The Hall–Kier alpha value is -0.810. The second kappa shape index (κ2) is 7.82. The Morgan fingerprint density at radius 3 is 2.62 bits per heavy atom. The maximum absolute atomic E-state index is 10.6. The van der Waals surface area contributed by atoms with Crippen molar-refractivity contribution in [2.24, 2.45) is 0 Å². The quantitative estimate of drug-likeness (QED) is 0.279. The molecule has 0 aliphatic carbocycles. The molecule has 0 saturated heterocycles. The number of rotatable bonds is 6. The average Bonchev–Trinajstić information content (AvgIpc) is 2.02. The molecule has 0 aliphatic heterocycles. The van der Waals surface area contributed by atoms with E-state index in [0.717, 1.165) is 12.8 Å². The van der Waals surface area contributed by atoms with Crippen molar-refractivity contribution in [3.63, 3.8) is 0 Å². The van der Waals surface area contributed by atoms with Crippen molar-refractivity contribution in [3.8, 4) is 0 Å². The molecule has 0 amide bonds. The Labute approximate surface area is 77.8 Å². The first-order chi connectivity index (χ1) is 6.16. The summed E-state index contributed by atoms with van der Waals surface area (Å²) in [5, 5.41) is 4.12. The molecule has 5 nitrogen and oxygen atoms in total. The molecule has 0 radical (unpaired) electrons. The number of hydrogen-bond acceptors (Lipinski definition) is 5. The molecule has 0 saturated carbocycles. The average molecular weight is 192 g/mol. The van der Waals surface area contributed by atoms with Crippen molar-refractivity contribution >= 4 is 6.16 Å². The summed E-state index contributed by atoms with van der Waals surface area (Å²) in [5.41, 5.74) is 0. The van der Waals surface area contributed by atoms with Gasteiger partial charge < -0.3 is 4.74 Å². The fraction of sp³-hybridized carbons (Fsp3) is 0.875. The molecule has 0 fully saturated rings. The lowest BCUT2D eigenvalue weighted by atomic mass is 10.4. The molecular formula is C8H16O5. The smallest absolute Gasteiger partial charge is 0.430 e. The number of carbonyl (C=O) groups excluding carboxylic acids is 1. The van der Waals surface area contributed by atoms with Crippen LogP contribution in [0.3, 0.4) is 0 Å².